The molecular weight excluding hydrogens is 360 g/mol. The zero-order valence-electron chi connectivity index (χ0n) is 14.6. The van der Waals surface area contributed by atoms with Gasteiger partial charge in [-0.15, -0.1) is 0 Å². The third-order valence-corrected chi connectivity index (χ3v) is 5.66. The Balaban J connectivity index is 1.80. The van der Waals surface area contributed by atoms with Gasteiger partial charge in [0.05, 0.1) is 0 Å². The van der Waals surface area contributed by atoms with Crippen molar-refractivity contribution in [2.24, 2.45) is 0 Å². The minimum atomic E-state index is -0.123. The van der Waals surface area contributed by atoms with Crippen LogP contribution in [-0.4, -0.2) is 10.2 Å². The second kappa shape index (κ2) is 8.39. The molecule has 0 N–H and O–H groups in total. The van der Waals surface area contributed by atoms with E-state index in [2.05, 4.69) is 0 Å². The van der Waals surface area contributed by atoms with Crippen molar-refractivity contribution >= 4 is 33.8 Å². The van der Waals surface area contributed by atoms with E-state index in [1.807, 2.05) is 62.4 Å². The van der Waals surface area contributed by atoms with Crippen molar-refractivity contribution in [1.82, 2.24) is 0 Å². The quantitative estimate of drug-likeness (QED) is 0.509. The third-order valence-electron chi connectivity index (χ3n) is 3.83. The SMILES string of the molecule is Cc1ccc(SC(=O)c2ccccc2C(=O)Sc2ccc(C)cc2)cc1. The first-order valence-corrected chi connectivity index (χ1v) is 9.83. The molecule has 0 bridgehead atoms. The van der Waals surface area contributed by atoms with Gasteiger partial charge in [-0.3, -0.25) is 9.59 Å². The zero-order chi connectivity index (χ0) is 18.5. The van der Waals surface area contributed by atoms with E-state index in [0.717, 1.165) is 44.4 Å². The maximum Gasteiger partial charge on any atom is 0.224 e. The standard InChI is InChI=1S/C22H18O2S2/c1-15-7-11-17(12-8-15)25-21(23)19-5-3-4-6-20(19)22(24)26-18-13-9-16(2)10-14-18/h3-14H,1-2H3. The zero-order valence-corrected chi connectivity index (χ0v) is 16.2. The number of carbonyl (C=O) groups excluding carboxylic acids is 2. The van der Waals surface area contributed by atoms with Gasteiger partial charge in [0.2, 0.25) is 10.2 Å². The maximum absolute atomic E-state index is 12.7. The van der Waals surface area contributed by atoms with Crippen molar-refractivity contribution in [3.8, 4) is 0 Å². The molecule has 0 atom stereocenters. The van der Waals surface area contributed by atoms with Crippen molar-refractivity contribution < 1.29 is 9.59 Å². The minimum Gasteiger partial charge on any atom is -0.281 e. The number of benzene rings is 3. The Labute approximate surface area is 162 Å². The predicted octanol–water partition coefficient (Wildman–Crippen LogP) is 6.17. The van der Waals surface area contributed by atoms with Gasteiger partial charge in [-0.2, -0.15) is 0 Å². The molecule has 0 saturated carbocycles. The summed E-state index contributed by atoms with van der Waals surface area (Å²) in [5, 5.41) is -0.246. The highest BCUT2D eigenvalue weighted by Gasteiger charge is 2.18. The van der Waals surface area contributed by atoms with E-state index in [4.69, 9.17) is 0 Å². The van der Waals surface area contributed by atoms with Crippen molar-refractivity contribution in [3.05, 3.63) is 95.1 Å². The average Bonchev–Trinajstić information content (AvgIpc) is 2.65. The summed E-state index contributed by atoms with van der Waals surface area (Å²) >= 11 is 2.29. The Bertz CT molecular complexity index is 851. The van der Waals surface area contributed by atoms with Gasteiger partial charge >= 0.3 is 0 Å². The first-order valence-electron chi connectivity index (χ1n) is 8.19. The van der Waals surface area contributed by atoms with Crippen LogP contribution >= 0.6 is 23.5 Å². The molecule has 0 aliphatic rings. The molecule has 0 aliphatic carbocycles. The number of aryl methyl sites for hydroxylation is 2. The fourth-order valence-electron chi connectivity index (χ4n) is 2.38. The fraction of sp³-hybridized carbons (Fsp3) is 0.0909. The van der Waals surface area contributed by atoms with Gasteiger partial charge in [0.1, 0.15) is 0 Å². The van der Waals surface area contributed by atoms with Gasteiger partial charge in [-0.25, -0.2) is 0 Å². The van der Waals surface area contributed by atoms with E-state index in [-0.39, 0.29) is 10.2 Å². The molecule has 0 saturated heterocycles. The summed E-state index contributed by atoms with van der Waals surface area (Å²) in [7, 11) is 0. The lowest BCUT2D eigenvalue weighted by atomic mass is 10.1. The molecule has 0 heterocycles. The van der Waals surface area contributed by atoms with Gasteiger partial charge in [-0.1, -0.05) is 47.5 Å². The number of hydrogen-bond acceptors (Lipinski definition) is 4. The topological polar surface area (TPSA) is 34.1 Å². The number of hydrogen-bond donors (Lipinski definition) is 0. The van der Waals surface area contributed by atoms with E-state index in [1.54, 1.807) is 24.3 Å². The Morgan fingerprint density at radius 1 is 0.577 bits per heavy atom. The van der Waals surface area contributed by atoms with Crippen molar-refractivity contribution in [3.63, 3.8) is 0 Å². The molecule has 0 radical (unpaired) electrons. The second-order valence-corrected chi connectivity index (χ2v) is 8.04. The fourth-order valence-corrected chi connectivity index (χ4v) is 3.92. The van der Waals surface area contributed by atoms with Crippen LogP contribution in [0.1, 0.15) is 31.8 Å². The highest BCUT2D eigenvalue weighted by molar-refractivity contribution is 8.14. The normalized spacial score (nSPS) is 10.5. The first kappa shape index (κ1) is 18.5. The second-order valence-electron chi connectivity index (χ2n) is 5.95. The first-order chi connectivity index (χ1) is 12.5. The Hall–Kier alpha value is -2.30. The molecule has 3 rings (SSSR count). The lowest BCUT2D eigenvalue weighted by Crippen LogP contribution is -2.04. The highest BCUT2D eigenvalue weighted by Crippen LogP contribution is 2.29. The number of thioether (sulfide) groups is 2. The van der Waals surface area contributed by atoms with E-state index in [0.29, 0.717) is 11.1 Å². The van der Waals surface area contributed by atoms with Gasteiger partial charge in [0.25, 0.3) is 0 Å². The van der Waals surface area contributed by atoms with Crippen LogP contribution in [0.25, 0.3) is 0 Å². The summed E-state index contributed by atoms with van der Waals surface area (Å²) in [6.07, 6.45) is 0. The Morgan fingerprint density at radius 3 is 1.27 bits per heavy atom. The lowest BCUT2D eigenvalue weighted by molar-refractivity contribution is 0.106. The lowest BCUT2D eigenvalue weighted by Gasteiger charge is -2.08. The van der Waals surface area contributed by atoms with Crippen molar-refractivity contribution in [2.75, 3.05) is 0 Å². The third kappa shape index (κ3) is 4.65. The molecule has 3 aromatic rings. The van der Waals surface area contributed by atoms with E-state index >= 15 is 0 Å². The molecule has 26 heavy (non-hydrogen) atoms. The number of rotatable bonds is 4. The summed E-state index contributed by atoms with van der Waals surface area (Å²) in [4.78, 5) is 27.2. The molecule has 0 fully saturated rings. The summed E-state index contributed by atoms with van der Waals surface area (Å²) in [6, 6.07) is 22.6. The highest BCUT2D eigenvalue weighted by atomic mass is 32.2. The summed E-state index contributed by atoms with van der Waals surface area (Å²) in [5.41, 5.74) is 3.18. The summed E-state index contributed by atoms with van der Waals surface area (Å²) < 4.78 is 0. The minimum absolute atomic E-state index is 0.123. The molecule has 3 aromatic carbocycles. The molecule has 2 nitrogen and oxygen atoms in total. The van der Waals surface area contributed by atoms with Crippen LogP contribution < -0.4 is 0 Å². The maximum atomic E-state index is 12.7. The van der Waals surface area contributed by atoms with Crippen LogP contribution in [0.5, 0.6) is 0 Å². The van der Waals surface area contributed by atoms with Crippen molar-refractivity contribution in [2.45, 2.75) is 23.6 Å². The van der Waals surface area contributed by atoms with Crippen LogP contribution in [0.15, 0.2) is 82.6 Å². The molecule has 0 amide bonds. The Kier molecular flexibility index (Phi) is 5.96. The van der Waals surface area contributed by atoms with Gasteiger partial charge in [0.15, 0.2) is 0 Å². The molecule has 130 valence electrons. The van der Waals surface area contributed by atoms with E-state index < -0.39 is 0 Å². The van der Waals surface area contributed by atoms with E-state index in [9.17, 15) is 9.59 Å². The van der Waals surface area contributed by atoms with Crippen LogP contribution in [0.4, 0.5) is 0 Å². The number of carbonyl (C=O) groups is 2. The molecule has 0 spiro atoms. The molecule has 4 heteroatoms. The monoisotopic (exact) mass is 378 g/mol. The van der Waals surface area contributed by atoms with Gasteiger partial charge in [-0.05, 0) is 73.8 Å². The van der Waals surface area contributed by atoms with E-state index in [1.165, 1.54) is 0 Å². The average molecular weight is 379 g/mol. The van der Waals surface area contributed by atoms with Crippen LogP contribution in [0.3, 0.4) is 0 Å². The summed E-state index contributed by atoms with van der Waals surface area (Å²) in [5.74, 6) is 0. The Morgan fingerprint density at radius 2 is 0.923 bits per heavy atom. The smallest absolute Gasteiger partial charge is 0.224 e. The summed E-state index contributed by atoms with van der Waals surface area (Å²) in [6.45, 7) is 4.01. The van der Waals surface area contributed by atoms with Crippen molar-refractivity contribution in [1.29, 1.82) is 0 Å². The molecular formula is C22H18O2S2. The molecule has 0 unspecified atom stereocenters. The molecule has 0 aromatic heterocycles. The predicted molar refractivity (Wildman–Crippen MR) is 109 cm³/mol. The largest absolute Gasteiger partial charge is 0.281 e. The van der Waals surface area contributed by atoms with Crippen LogP contribution in [0, 0.1) is 13.8 Å². The van der Waals surface area contributed by atoms with Gasteiger partial charge in [0, 0.05) is 20.9 Å². The van der Waals surface area contributed by atoms with Crippen LogP contribution in [0.2, 0.25) is 0 Å². The molecule has 0 aliphatic heterocycles. The van der Waals surface area contributed by atoms with Crippen LogP contribution in [-0.2, 0) is 0 Å². The van der Waals surface area contributed by atoms with Gasteiger partial charge < -0.3 is 0 Å².